The number of nitrogens with zero attached hydrogens (tertiary/aromatic N) is 4. The number of benzene rings is 1. The van der Waals surface area contributed by atoms with Gasteiger partial charge in [-0.3, -0.25) is 9.69 Å². The second-order valence-electron chi connectivity index (χ2n) is 7.18. The van der Waals surface area contributed by atoms with Crippen LogP contribution in [0.1, 0.15) is 12.0 Å². The first-order chi connectivity index (χ1) is 12.1. The number of carbonyl (C=O) groups is 1. The number of carbonyl (C=O) groups excluding carboxylic acids is 1. The average molecular weight is 358 g/mol. The normalized spacial score (nSPS) is 24.8. The number of aromatic nitrogens is 2. The average Bonchev–Trinajstić information content (AvgIpc) is 3.17. The Kier molecular flexibility index (Phi) is 4.54. The van der Waals surface area contributed by atoms with Crippen molar-refractivity contribution >= 4 is 17.4 Å². The molecule has 2 aliphatic heterocycles. The molecule has 1 aromatic heterocycles. The molecule has 1 spiro atoms. The smallest absolute Gasteiger partial charge is 0.223 e. The Morgan fingerprint density at radius 1 is 1.28 bits per heavy atom. The van der Waals surface area contributed by atoms with Crippen LogP contribution in [0.15, 0.2) is 29.6 Å². The summed E-state index contributed by atoms with van der Waals surface area (Å²) < 4.78 is 9.75. The summed E-state index contributed by atoms with van der Waals surface area (Å²) in [6.45, 7) is 4.87. The fourth-order valence-corrected chi connectivity index (χ4v) is 4.32. The van der Waals surface area contributed by atoms with Crippen molar-refractivity contribution in [2.24, 2.45) is 5.41 Å². The summed E-state index contributed by atoms with van der Waals surface area (Å²) in [5, 5.41) is 6.07. The van der Waals surface area contributed by atoms with Crippen LogP contribution in [0, 0.1) is 5.41 Å². The molecule has 0 unspecified atom stereocenters. The van der Waals surface area contributed by atoms with Crippen molar-refractivity contribution in [3.05, 3.63) is 35.2 Å². The van der Waals surface area contributed by atoms with Crippen molar-refractivity contribution in [1.82, 2.24) is 19.4 Å². The third-order valence-corrected chi connectivity index (χ3v) is 5.56. The van der Waals surface area contributed by atoms with Gasteiger partial charge in [0.05, 0.1) is 13.2 Å². The minimum absolute atomic E-state index is 0.0610. The fraction of sp³-hybridized carbons (Fsp3) is 0.500. The van der Waals surface area contributed by atoms with Crippen molar-refractivity contribution in [2.75, 3.05) is 39.9 Å². The van der Waals surface area contributed by atoms with Crippen LogP contribution in [-0.4, -0.2) is 65.2 Å². The highest BCUT2D eigenvalue weighted by molar-refractivity contribution is 7.03. The van der Waals surface area contributed by atoms with E-state index in [4.69, 9.17) is 4.74 Å². The highest BCUT2D eigenvalue weighted by Gasteiger charge is 2.44. The number of hydrogen-bond donors (Lipinski definition) is 0. The van der Waals surface area contributed by atoms with Crippen LogP contribution < -0.4 is 0 Å². The third-order valence-electron chi connectivity index (χ3n) is 5.06. The van der Waals surface area contributed by atoms with Crippen molar-refractivity contribution in [3.8, 4) is 11.3 Å². The van der Waals surface area contributed by atoms with Gasteiger partial charge in [0.1, 0.15) is 5.69 Å². The molecule has 0 bridgehead atoms. The van der Waals surface area contributed by atoms with E-state index in [-0.39, 0.29) is 11.3 Å². The van der Waals surface area contributed by atoms with E-state index < -0.39 is 0 Å². The summed E-state index contributed by atoms with van der Waals surface area (Å²) in [6.07, 6.45) is 0.593. The van der Waals surface area contributed by atoms with Gasteiger partial charge in [-0.1, -0.05) is 28.8 Å². The Morgan fingerprint density at radius 2 is 2.12 bits per heavy atom. The van der Waals surface area contributed by atoms with E-state index in [1.54, 1.807) is 0 Å². The predicted molar refractivity (Wildman–Crippen MR) is 96.1 cm³/mol. The summed E-state index contributed by atoms with van der Waals surface area (Å²) in [5.41, 5.74) is 3.22. The summed E-state index contributed by atoms with van der Waals surface area (Å²) in [5.74, 6) is 0.228. The minimum atomic E-state index is -0.0610. The molecule has 25 heavy (non-hydrogen) atoms. The van der Waals surface area contributed by atoms with Gasteiger partial charge in [-0.25, -0.2) is 0 Å². The Bertz CT molecular complexity index is 734. The molecule has 2 fully saturated rings. The van der Waals surface area contributed by atoms with Gasteiger partial charge < -0.3 is 9.64 Å². The Balaban J connectivity index is 1.45. The van der Waals surface area contributed by atoms with E-state index >= 15 is 0 Å². The zero-order valence-electron chi connectivity index (χ0n) is 14.4. The number of rotatable bonds is 3. The van der Waals surface area contributed by atoms with Crippen molar-refractivity contribution in [1.29, 1.82) is 0 Å². The maximum absolute atomic E-state index is 12.0. The van der Waals surface area contributed by atoms with E-state index in [2.05, 4.69) is 38.8 Å². The maximum Gasteiger partial charge on any atom is 0.223 e. The first-order valence-electron chi connectivity index (χ1n) is 8.54. The molecule has 4 rings (SSSR count). The van der Waals surface area contributed by atoms with Crippen LogP contribution in [0.2, 0.25) is 0 Å². The highest BCUT2D eigenvalue weighted by atomic mass is 32.1. The zero-order valence-corrected chi connectivity index (χ0v) is 15.2. The first kappa shape index (κ1) is 16.6. The number of hydrogen-bond acceptors (Lipinski definition) is 6. The Labute approximate surface area is 151 Å². The summed E-state index contributed by atoms with van der Waals surface area (Å²) in [7, 11) is 1.89. The Morgan fingerprint density at radius 3 is 2.80 bits per heavy atom. The van der Waals surface area contributed by atoms with Crippen LogP contribution in [-0.2, 0) is 16.1 Å². The lowest BCUT2D eigenvalue weighted by Crippen LogP contribution is -2.40. The lowest BCUT2D eigenvalue weighted by atomic mass is 9.87. The van der Waals surface area contributed by atoms with E-state index in [0.717, 1.165) is 44.0 Å². The zero-order chi connectivity index (χ0) is 17.3. The molecule has 132 valence electrons. The molecule has 2 aliphatic rings. The van der Waals surface area contributed by atoms with Crippen LogP contribution in [0.5, 0.6) is 0 Å². The van der Waals surface area contributed by atoms with Gasteiger partial charge in [0.2, 0.25) is 5.91 Å². The molecular formula is C18H22N4O2S. The second-order valence-corrected chi connectivity index (χ2v) is 7.79. The molecular weight excluding hydrogens is 336 g/mol. The number of amides is 1. The highest BCUT2D eigenvalue weighted by Crippen LogP contribution is 2.34. The van der Waals surface area contributed by atoms with E-state index in [9.17, 15) is 4.79 Å². The molecule has 0 N–H and O–H groups in total. The molecule has 3 heterocycles. The van der Waals surface area contributed by atoms with Crippen LogP contribution in [0.4, 0.5) is 0 Å². The van der Waals surface area contributed by atoms with Crippen LogP contribution >= 0.6 is 11.5 Å². The third kappa shape index (κ3) is 3.58. The lowest BCUT2D eigenvalue weighted by Gasteiger charge is -2.30. The quantitative estimate of drug-likeness (QED) is 0.839. The molecule has 0 saturated carbocycles. The predicted octanol–water partition coefficient (Wildman–Crippen LogP) is 1.89. The van der Waals surface area contributed by atoms with Gasteiger partial charge >= 0.3 is 0 Å². The number of ether oxygens (including phenoxy) is 1. The van der Waals surface area contributed by atoms with Crippen LogP contribution in [0.3, 0.4) is 0 Å². The van der Waals surface area contributed by atoms with E-state index in [0.29, 0.717) is 13.0 Å². The summed E-state index contributed by atoms with van der Waals surface area (Å²) in [4.78, 5) is 16.3. The molecule has 0 radical (unpaired) electrons. The summed E-state index contributed by atoms with van der Waals surface area (Å²) >= 11 is 1.37. The Hall–Kier alpha value is -1.83. The largest absolute Gasteiger partial charge is 0.379 e. The molecule has 1 atom stereocenters. The van der Waals surface area contributed by atoms with E-state index in [1.807, 2.05) is 17.3 Å². The van der Waals surface area contributed by atoms with Crippen molar-refractivity contribution < 1.29 is 9.53 Å². The van der Waals surface area contributed by atoms with Crippen LogP contribution in [0.25, 0.3) is 11.3 Å². The molecule has 1 aromatic carbocycles. The monoisotopic (exact) mass is 358 g/mol. The summed E-state index contributed by atoms with van der Waals surface area (Å²) in [6, 6.07) is 8.50. The van der Waals surface area contributed by atoms with E-state index in [1.165, 1.54) is 17.1 Å². The van der Waals surface area contributed by atoms with Crippen molar-refractivity contribution in [2.45, 2.75) is 13.0 Å². The van der Waals surface area contributed by atoms with Gasteiger partial charge in [0, 0.05) is 56.0 Å². The molecule has 7 heteroatoms. The minimum Gasteiger partial charge on any atom is -0.379 e. The molecule has 6 nitrogen and oxygen atoms in total. The van der Waals surface area contributed by atoms with Gasteiger partial charge in [0.15, 0.2) is 0 Å². The standard InChI is InChI=1S/C18H22N4O2S/c1-21-11-18(8-17(21)23)12-22(6-7-24-13-18)9-14-2-4-15(5-3-14)16-10-25-20-19-16/h2-5,10H,6-9,11-13H2,1H3/t18-/m1/s1. The molecule has 1 amide bonds. The lowest BCUT2D eigenvalue weighted by molar-refractivity contribution is -0.126. The fourth-order valence-electron chi connectivity index (χ4n) is 3.85. The van der Waals surface area contributed by atoms with Gasteiger partial charge in [-0.2, -0.15) is 0 Å². The SMILES string of the molecule is CN1C[C@]2(COCCN(Cc3ccc(-c4csnn4)cc3)C2)CC1=O. The maximum atomic E-state index is 12.0. The van der Waals surface area contributed by atoms with Gasteiger partial charge in [-0.15, -0.1) is 5.10 Å². The van der Waals surface area contributed by atoms with Crippen molar-refractivity contribution in [3.63, 3.8) is 0 Å². The first-order valence-corrected chi connectivity index (χ1v) is 9.38. The molecule has 2 saturated heterocycles. The van der Waals surface area contributed by atoms with Gasteiger partial charge in [0.25, 0.3) is 0 Å². The van der Waals surface area contributed by atoms with Gasteiger partial charge in [-0.05, 0) is 17.1 Å². The molecule has 0 aliphatic carbocycles. The number of likely N-dealkylation sites (tertiary alicyclic amines) is 1. The molecule has 2 aromatic rings. The second kappa shape index (κ2) is 6.82. The topological polar surface area (TPSA) is 58.6 Å².